The summed E-state index contributed by atoms with van der Waals surface area (Å²) >= 11 is 0. The molecule has 0 spiro atoms. The van der Waals surface area contributed by atoms with Gasteiger partial charge in [0.05, 0.1) is 0 Å². The van der Waals surface area contributed by atoms with Crippen molar-refractivity contribution in [2.24, 2.45) is 11.7 Å². The van der Waals surface area contributed by atoms with Crippen molar-refractivity contribution in [3.05, 3.63) is 12.2 Å². The van der Waals surface area contributed by atoms with Gasteiger partial charge in [0.2, 0.25) is 0 Å². The van der Waals surface area contributed by atoms with Crippen LogP contribution in [-0.2, 0) is 4.74 Å². The van der Waals surface area contributed by atoms with E-state index in [1.165, 1.54) is 0 Å². The summed E-state index contributed by atoms with van der Waals surface area (Å²) < 4.78 is 5.24. The minimum atomic E-state index is 0.192. The summed E-state index contributed by atoms with van der Waals surface area (Å²) in [5.41, 5.74) is 5.59. The fraction of sp³-hybridized carbons (Fsp3) is 0.778. The maximum atomic E-state index is 5.59. The maximum Gasteiger partial charge on any atom is 0.0471 e. The molecule has 1 aliphatic rings. The van der Waals surface area contributed by atoms with Crippen LogP contribution in [0.4, 0.5) is 0 Å². The van der Waals surface area contributed by atoms with E-state index < -0.39 is 0 Å². The maximum absolute atomic E-state index is 5.59. The van der Waals surface area contributed by atoms with E-state index in [1.54, 1.807) is 0 Å². The highest BCUT2D eigenvalue weighted by Crippen LogP contribution is 2.15. The van der Waals surface area contributed by atoms with Crippen molar-refractivity contribution in [3.8, 4) is 0 Å². The first-order chi connectivity index (χ1) is 5.29. The van der Waals surface area contributed by atoms with Crippen LogP contribution >= 0.6 is 0 Å². The van der Waals surface area contributed by atoms with Gasteiger partial charge in [-0.05, 0) is 25.7 Å². The van der Waals surface area contributed by atoms with Gasteiger partial charge >= 0.3 is 0 Å². The number of allylic oxidation sites excluding steroid dienone is 1. The van der Waals surface area contributed by atoms with E-state index in [-0.39, 0.29) is 6.04 Å². The van der Waals surface area contributed by atoms with E-state index in [0.29, 0.717) is 5.92 Å². The van der Waals surface area contributed by atoms with Gasteiger partial charge in [0, 0.05) is 19.3 Å². The van der Waals surface area contributed by atoms with E-state index in [0.717, 1.165) is 26.1 Å². The van der Waals surface area contributed by atoms with Gasteiger partial charge in [-0.1, -0.05) is 12.2 Å². The molecule has 1 atom stereocenters. The number of rotatable bonds is 2. The largest absolute Gasteiger partial charge is 0.381 e. The van der Waals surface area contributed by atoms with Gasteiger partial charge in [-0.2, -0.15) is 0 Å². The lowest BCUT2D eigenvalue weighted by Crippen LogP contribution is -2.15. The molecule has 11 heavy (non-hydrogen) atoms. The Morgan fingerprint density at radius 1 is 1.45 bits per heavy atom. The van der Waals surface area contributed by atoms with Crippen LogP contribution in [0.2, 0.25) is 0 Å². The first-order valence-electron chi connectivity index (χ1n) is 4.30. The monoisotopic (exact) mass is 155 g/mol. The highest BCUT2D eigenvalue weighted by molar-refractivity contribution is 4.94. The average Bonchev–Trinajstić information content (AvgIpc) is 2.03. The summed E-state index contributed by atoms with van der Waals surface area (Å²) in [6.07, 6.45) is 6.62. The summed E-state index contributed by atoms with van der Waals surface area (Å²) in [5.74, 6) is 0.703. The van der Waals surface area contributed by atoms with Gasteiger partial charge in [0.1, 0.15) is 0 Å². The Labute approximate surface area is 68.4 Å². The van der Waals surface area contributed by atoms with Gasteiger partial charge < -0.3 is 10.5 Å². The highest BCUT2D eigenvalue weighted by atomic mass is 16.5. The standard InChI is InChI=1S/C9H17NO/c1-8(10)2-3-9-4-6-11-7-5-9/h2-3,8-9H,4-7,10H2,1H3/b3-2+. The van der Waals surface area contributed by atoms with Crippen molar-refractivity contribution in [1.29, 1.82) is 0 Å². The van der Waals surface area contributed by atoms with Crippen molar-refractivity contribution in [3.63, 3.8) is 0 Å². The zero-order valence-electron chi connectivity index (χ0n) is 7.12. The first-order valence-corrected chi connectivity index (χ1v) is 4.30. The van der Waals surface area contributed by atoms with Crippen LogP contribution in [0.3, 0.4) is 0 Å². The van der Waals surface area contributed by atoms with Crippen LogP contribution in [0.15, 0.2) is 12.2 Å². The van der Waals surface area contributed by atoms with Crippen molar-refractivity contribution >= 4 is 0 Å². The molecule has 0 amide bonds. The summed E-state index contributed by atoms with van der Waals surface area (Å²) in [6, 6.07) is 0.192. The van der Waals surface area contributed by atoms with Gasteiger partial charge in [-0.15, -0.1) is 0 Å². The predicted octanol–water partition coefficient (Wildman–Crippen LogP) is 1.32. The molecule has 1 unspecified atom stereocenters. The summed E-state index contributed by atoms with van der Waals surface area (Å²) in [5, 5.41) is 0. The van der Waals surface area contributed by atoms with Gasteiger partial charge in [-0.3, -0.25) is 0 Å². The minimum absolute atomic E-state index is 0.192. The second-order valence-corrected chi connectivity index (χ2v) is 3.19. The quantitative estimate of drug-likeness (QED) is 0.610. The van der Waals surface area contributed by atoms with E-state index in [1.807, 2.05) is 6.92 Å². The van der Waals surface area contributed by atoms with Crippen LogP contribution in [0.1, 0.15) is 19.8 Å². The second kappa shape index (κ2) is 4.52. The molecule has 64 valence electrons. The van der Waals surface area contributed by atoms with Crippen molar-refractivity contribution in [2.45, 2.75) is 25.8 Å². The molecule has 1 heterocycles. The van der Waals surface area contributed by atoms with Gasteiger partial charge in [0.25, 0.3) is 0 Å². The molecule has 0 saturated carbocycles. The number of hydrogen-bond donors (Lipinski definition) is 1. The number of nitrogens with two attached hydrogens (primary N) is 1. The zero-order valence-corrected chi connectivity index (χ0v) is 7.12. The van der Waals surface area contributed by atoms with Crippen LogP contribution in [-0.4, -0.2) is 19.3 Å². The molecule has 0 aromatic rings. The third kappa shape index (κ3) is 3.54. The first kappa shape index (κ1) is 8.75. The van der Waals surface area contributed by atoms with Gasteiger partial charge in [0.15, 0.2) is 0 Å². The summed E-state index contributed by atoms with van der Waals surface area (Å²) in [6.45, 7) is 3.82. The molecule has 0 aromatic heterocycles. The second-order valence-electron chi connectivity index (χ2n) is 3.19. The SMILES string of the molecule is CC(N)/C=C/C1CCOCC1. The molecule has 0 radical (unpaired) electrons. The van der Waals surface area contributed by atoms with E-state index in [4.69, 9.17) is 10.5 Å². The van der Waals surface area contributed by atoms with Crippen LogP contribution in [0.5, 0.6) is 0 Å². The summed E-state index contributed by atoms with van der Waals surface area (Å²) in [4.78, 5) is 0. The van der Waals surface area contributed by atoms with Crippen LogP contribution in [0, 0.1) is 5.92 Å². The topological polar surface area (TPSA) is 35.2 Å². The number of ether oxygens (including phenoxy) is 1. The Morgan fingerprint density at radius 3 is 2.64 bits per heavy atom. The lowest BCUT2D eigenvalue weighted by molar-refractivity contribution is 0.0785. The normalized spacial score (nSPS) is 24.2. The lowest BCUT2D eigenvalue weighted by atomic mass is 9.99. The third-order valence-corrected chi connectivity index (χ3v) is 1.95. The molecule has 2 nitrogen and oxygen atoms in total. The molecule has 0 aliphatic carbocycles. The van der Waals surface area contributed by atoms with E-state index in [2.05, 4.69) is 12.2 Å². The molecule has 0 aromatic carbocycles. The Balaban J connectivity index is 2.23. The van der Waals surface area contributed by atoms with Crippen molar-refractivity contribution in [1.82, 2.24) is 0 Å². The van der Waals surface area contributed by atoms with E-state index in [9.17, 15) is 0 Å². The van der Waals surface area contributed by atoms with Crippen LogP contribution < -0.4 is 5.73 Å². The molecule has 1 aliphatic heterocycles. The molecule has 2 N–H and O–H groups in total. The van der Waals surface area contributed by atoms with Gasteiger partial charge in [-0.25, -0.2) is 0 Å². The predicted molar refractivity (Wildman–Crippen MR) is 46.3 cm³/mol. The fourth-order valence-electron chi connectivity index (χ4n) is 1.24. The lowest BCUT2D eigenvalue weighted by Gasteiger charge is -2.18. The Morgan fingerprint density at radius 2 is 2.09 bits per heavy atom. The molecule has 2 heteroatoms. The molecule has 1 saturated heterocycles. The fourth-order valence-corrected chi connectivity index (χ4v) is 1.24. The van der Waals surface area contributed by atoms with Crippen LogP contribution in [0.25, 0.3) is 0 Å². The molecular weight excluding hydrogens is 138 g/mol. The molecule has 1 rings (SSSR count). The smallest absolute Gasteiger partial charge is 0.0471 e. The van der Waals surface area contributed by atoms with Crippen molar-refractivity contribution < 1.29 is 4.74 Å². The van der Waals surface area contributed by atoms with Crippen molar-refractivity contribution in [2.75, 3.05) is 13.2 Å². The molecule has 0 bridgehead atoms. The Hall–Kier alpha value is -0.340. The third-order valence-electron chi connectivity index (χ3n) is 1.95. The Bertz CT molecular complexity index is 126. The number of hydrogen-bond acceptors (Lipinski definition) is 2. The minimum Gasteiger partial charge on any atom is -0.381 e. The Kier molecular flexibility index (Phi) is 3.60. The molecule has 1 fully saturated rings. The zero-order chi connectivity index (χ0) is 8.10. The van der Waals surface area contributed by atoms with E-state index >= 15 is 0 Å². The average molecular weight is 155 g/mol. The highest BCUT2D eigenvalue weighted by Gasteiger charge is 2.09. The molecular formula is C9H17NO. The summed E-state index contributed by atoms with van der Waals surface area (Å²) in [7, 11) is 0.